The number of amides is 2. The summed E-state index contributed by atoms with van der Waals surface area (Å²) in [6.07, 6.45) is 0. The summed E-state index contributed by atoms with van der Waals surface area (Å²) in [7, 11) is 0. The van der Waals surface area contributed by atoms with E-state index >= 15 is 0 Å². The average molecular weight is 521 g/mol. The van der Waals surface area contributed by atoms with Crippen LogP contribution in [-0.2, 0) is 22.7 Å². The molecule has 0 fully saturated rings. The van der Waals surface area contributed by atoms with Crippen LogP contribution in [0.2, 0.25) is 0 Å². The van der Waals surface area contributed by atoms with E-state index in [9.17, 15) is 14.0 Å². The van der Waals surface area contributed by atoms with Gasteiger partial charge in [-0.15, -0.1) is 21.5 Å². The first-order chi connectivity index (χ1) is 17.6. The highest BCUT2D eigenvalue weighted by atomic mass is 32.1. The van der Waals surface area contributed by atoms with Crippen molar-refractivity contribution in [1.29, 1.82) is 0 Å². The SMILES string of the molecule is Cc1ccc(-c2nnn(CC(=O)N(Cc3ccccc3F)[C@@H](C(=O)NC(C)(C)C)c3cccs3)n2)cc1. The molecule has 0 unspecified atom stereocenters. The first-order valence-electron chi connectivity index (χ1n) is 11.8. The zero-order valence-corrected chi connectivity index (χ0v) is 22.0. The van der Waals surface area contributed by atoms with Crippen LogP contribution in [0.3, 0.4) is 0 Å². The van der Waals surface area contributed by atoms with Crippen molar-refractivity contribution in [3.05, 3.63) is 87.9 Å². The number of carbonyl (C=O) groups is 2. The maximum Gasteiger partial charge on any atom is 0.248 e. The fourth-order valence-electron chi connectivity index (χ4n) is 3.78. The molecule has 192 valence electrons. The Balaban J connectivity index is 1.67. The lowest BCUT2D eigenvalue weighted by Gasteiger charge is -2.33. The molecule has 0 aliphatic heterocycles. The molecule has 0 saturated heterocycles. The first-order valence-corrected chi connectivity index (χ1v) is 12.7. The number of benzene rings is 2. The minimum Gasteiger partial charge on any atom is -0.349 e. The van der Waals surface area contributed by atoms with E-state index in [4.69, 9.17) is 0 Å². The van der Waals surface area contributed by atoms with Gasteiger partial charge in [0.1, 0.15) is 18.4 Å². The predicted octanol–water partition coefficient (Wildman–Crippen LogP) is 4.53. The van der Waals surface area contributed by atoms with E-state index in [1.54, 1.807) is 24.3 Å². The molecule has 0 aliphatic rings. The highest BCUT2D eigenvalue weighted by molar-refractivity contribution is 7.10. The van der Waals surface area contributed by atoms with E-state index in [0.717, 1.165) is 11.1 Å². The second-order valence-electron chi connectivity index (χ2n) is 9.78. The van der Waals surface area contributed by atoms with E-state index in [2.05, 4.69) is 20.7 Å². The lowest BCUT2D eigenvalue weighted by Crippen LogP contribution is -2.49. The molecule has 2 aromatic heterocycles. The molecule has 2 amide bonds. The highest BCUT2D eigenvalue weighted by Gasteiger charge is 2.34. The average Bonchev–Trinajstić information content (AvgIpc) is 3.52. The number of aryl methyl sites for hydroxylation is 1. The van der Waals surface area contributed by atoms with Crippen molar-refractivity contribution in [2.24, 2.45) is 0 Å². The monoisotopic (exact) mass is 520 g/mol. The van der Waals surface area contributed by atoms with Crippen LogP contribution < -0.4 is 5.32 Å². The van der Waals surface area contributed by atoms with E-state index in [1.807, 2.05) is 63.4 Å². The van der Waals surface area contributed by atoms with E-state index < -0.39 is 23.3 Å². The summed E-state index contributed by atoms with van der Waals surface area (Å²) in [6, 6.07) is 16.5. The summed E-state index contributed by atoms with van der Waals surface area (Å²) in [4.78, 5) is 30.5. The number of nitrogens with zero attached hydrogens (tertiary/aromatic N) is 5. The van der Waals surface area contributed by atoms with Crippen molar-refractivity contribution in [2.45, 2.75) is 52.4 Å². The molecule has 10 heteroatoms. The number of thiophene rings is 1. The molecule has 4 aromatic rings. The van der Waals surface area contributed by atoms with Crippen molar-refractivity contribution in [3.8, 4) is 11.4 Å². The van der Waals surface area contributed by atoms with Crippen molar-refractivity contribution < 1.29 is 14.0 Å². The quantitative estimate of drug-likeness (QED) is 0.368. The van der Waals surface area contributed by atoms with Crippen LogP contribution in [0.4, 0.5) is 4.39 Å². The molecule has 37 heavy (non-hydrogen) atoms. The second-order valence-corrected chi connectivity index (χ2v) is 10.8. The number of hydrogen-bond donors (Lipinski definition) is 1. The third kappa shape index (κ3) is 6.65. The normalized spacial score (nSPS) is 12.2. The van der Waals surface area contributed by atoms with E-state index in [1.165, 1.54) is 27.1 Å². The number of carbonyl (C=O) groups excluding carboxylic acids is 2. The predicted molar refractivity (Wildman–Crippen MR) is 140 cm³/mol. The maximum atomic E-state index is 14.7. The molecular formula is C27H29FN6O2S. The number of rotatable bonds is 8. The summed E-state index contributed by atoms with van der Waals surface area (Å²) < 4.78 is 14.7. The van der Waals surface area contributed by atoms with Crippen molar-refractivity contribution in [3.63, 3.8) is 0 Å². The third-order valence-corrected chi connectivity index (χ3v) is 6.45. The summed E-state index contributed by atoms with van der Waals surface area (Å²) >= 11 is 1.36. The van der Waals surface area contributed by atoms with Crippen LogP contribution in [-0.4, -0.2) is 42.5 Å². The number of hydrogen-bond acceptors (Lipinski definition) is 6. The Morgan fingerprint density at radius 2 is 1.81 bits per heavy atom. The van der Waals surface area contributed by atoms with Crippen molar-refractivity contribution >= 4 is 23.2 Å². The van der Waals surface area contributed by atoms with Gasteiger partial charge in [0.15, 0.2) is 0 Å². The number of aromatic nitrogens is 4. The molecule has 0 spiro atoms. The molecule has 0 aliphatic carbocycles. The Bertz CT molecular complexity index is 1360. The van der Waals surface area contributed by atoms with Gasteiger partial charge in [-0.1, -0.05) is 54.1 Å². The Morgan fingerprint density at radius 1 is 1.08 bits per heavy atom. The smallest absolute Gasteiger partial charge is 0.248 e. The minimum atomic E-state index is -0.966. The number of halogens is 1. The van der Waals surface area contributed by atoms with Gasteiger partial charge in [-0.05, 0) is 50.4 Å². The fraction of sp³-hybridized carbons (Fsp3) is 0.296. The molecular weight excluding hydrogens is 491 g/mol. The van der Waals surface area contributed by atoms with Gasteiger partial charge in [0.2, 0.25) is 17.6 Å². The molecule has 4 rings (SSSR count). The largest absolute Gasteiger partial charge is 0.349 e. The molecule has 0 radical (unpaired) electrons. The van der Waals surface area contributed by atoms with Gasteiger partial charge in [-0.25, -0.2) is 4.39 Å². The van der Waals surface area contributed by atoms with Crippen LogP contribution in [0.25, 0.3) is 11.4 Å². The Hall–Kier alpha value is -3.92. The van der Waals surface area contributed by atoms with Gasteiger partial charge in [-0.3, -0.25) is 9.59 Å². The number of nitrogens with one attached hydrogen (secondary N) is 1. The fourth-order valence-corrected chi connectivity index (χ4v) is 4.62. The van der Waals surface area contributed by atoms with Gasteiger partial charge < -0.3 is 10.2 Å². The molecule has 0 bridgehead atoms. The van der Waals surface area contributed by atoms with E-state index in [-0.39, 0.29) is 19.0 Å². The molecule has 8 nitrogen and oxygen atoms in total. The molecule has 2 heterocycles. The van der Waals surface area contributed by atoms with Crippen molar-refractivity contribution in [1.82, 2.24) is 30.4 Å². The molecule has 2 aromatic carbocycles. The zero-order valence-electron chi connectivity index (χ0n) is 21.2. The molecule has 1 atom stereocenters. The summed E-state index contributed by atoms with van der Waals surface area (Å²) in [5.74, 6) is -0.874. The Kier molecular flexibility index (Phi) is 7.77. The van der Waals surface area contributed by atoms with E-state index in [0.29, 0.717) is 16.3 Å². The van der Waals surface area contributed by atoms with Crippen LogP contribution in [0, 0.1) is 12.7 Å². The Labute approximate surface area is 219 Å². The van der Waals surface area contributed by atoms with Gasteiger partial charge in [0, 0.05) is 28.1 Å². The van der Waals surface area contributed by atoms with Gasteiger partial charge in [0.25, 0.3) is 0 Å². The Morgan fingerprint density at radius 3 is 2.46 bits per heavy atom. The second kappa shape index (κ2) is 11.0. The molecule has 0 saturated carbocycles. The minimum absolute atomic E-state index is 0.106. The highest BCUT2D eigenvalue weighted by Crippen LogP contribution is 2.29. The maximum absolute atomic E-state index is 14.7. The van der Waals surface area contributed by atoms with Crippen molar-refractivity contribution in [2.75, 3.05) is 0 Å². The van der Waals surface area contributed by atoms with Gasteiger partial charge >= 0.3 is 0 Å². The standard InChI is InChI=1S/C27H29FN6O2S/c1-18-11-13-19(14-12-18)25-30-32-34(31-25)17-23(35)33(16-20-8-5-6-9-21(20)28)24(22-10-7-15-37-22)26(36)29-27(2,3)4/h5-15,24H,16-17H2,1-4H3,(H,29,36)/t24-/m1/s1. The topological polar surface area (TPSA) is 93.0 Å². The lowest BCUT2D eigenvalue weighted by molar-refractivity contribution is -0.143. The van der Waals surface area contributed by atoms with Crippen LogP contribution in [0.1, 0.15) is 42.8 Å². The van der Waals surface area contributed by atoms with Crippen LogP contribution in [0.5, 0.6) is 0 Å². The third-order valence-electron chi connectivity index (χ3n) is 5.53. The zero-order chi connectivity index (χ0) is 26.6. The summed E-state index contributed by atoms with van der Waals surface area (Å²) in [5.41, 5.74) is 1.64. The summed E-state index contributed by atoms with van der Waals surface area (Å²) in [6.45, 7) is 7.21. The first kappa shape index (κ1) is 26.2. The summed E-state index contributed by atoms with van der Waals surface area (Å²) in [5, 5.41) is 17.3. The molecule has 1 N–H and O–H groups in total. The lowest BCUT2D eigenvalue weighted by atomic mass is 10.1. The number of tetrazole rings is 1. The van der Waals surface area contributed by atoms with Crippen LogP contribution in [0.15, 0.2) is 66.0 Å². The van der Waals surface area contributed by atoms with Gasteiger partial charge in [-0.2, -0.15) is 4.80 Å². The van der Waals surface area contributed by atoms with Gasteiger partial charge in [0.05, 0.1) is 0 Å². The van der Waals surface area contributed by atoms with Crippen LogP contribution >= 0.6 is 11.3 Å².